The van der Waals surface area contributed by atoms with Crippen molar-refractivity contribution in [2.75, 3.05) is 13.2 Å². The van der Waals surface area contributed by atoms with Gasteiger partial charge in [-0.05, 0) is 37.3 Å². The van der Waals surface area contributed by atoms with E-state index in [1.54, 1.807) is 0 Å². The normalized spacial score (nSPS) is 16.1. The zero-order valence-corrected chi connectivity index (χ0v) is 15.2. The number of epoxide rings is 1. The van der Waals surface area contributed by atoms with Gasteiger partial charge in [0.05, 0.1) is 6.61 Å². The summed E-state index contributed by atoms with van der Waals surface area (Å²) in [5.74, 6) is 1.05. The molecule has 1 saturated heterocycles. The zero-order chi connectivity index (χ0) is 16.9. The number of ether oxygens (including phenoxy) is 2. The molecule has 134 valence electrons. The molecule has 1 aliphatic heterocycles. The number of hydrogen-bond acceptors (Lipinski definition) is 2. The molecule has 0 N–H and O–H groups in total. The smallest absolute Gasteiger partial charge is 0.122 e. The second-order valence-corrected chi connectivity index (χ2v) is 6.88. The maximum Gasteiger partial charge on any atom is 0.122 e. The lowest BCUT2D eigenvalue weighted by Crippen LogP contribution is -2.05. The summed E-state index contributed by atoms with van der Waals surface area (Å²) in [5.41, 5.74) is 1.35. The summed E-state index contributed by atoms with van der Waals surface area (Å²) in [5, 5.41) is 0. The van der Waals surface area contributed by atoms with Crippen LogP contribution in [0.1, 0.15) is 69.8 Å². The lowest BCUT2D eigenvalue weighted by atomic mass is 10.0. The molecule has 0 saturated carbocycles. The number of hydrogen-bond donors (Lipinski definition) is 0. The van der Waals surface area contributed by atoms with Crippen molar-refractivity contribution in [2.45, 2.75) is 76.7 Å². The third kappa shape index (κ3) is 8.54. The first-order chi connectivity index (χ1) is 11.9. The van der Waals surface area contributed by atoms with Crippen molar-refractivity contribution in [1.82, 2.24) is 0 Å². The molecule has 1 unspecified atom stereocenters. The van der Waals surface area contributed by atoms with Crippen molar-refractivity contribution >= 4 is 0 Å². The molecule has 0 radical (unpaired) electrons. The molecule has 2 nitrogen and oxygen atoms in total. The topological polar surface area (TPSA) is 21.8 Å². The van der Waals surface area contributed by atoms with Crippen molar-refractivity contribution in [3.63, 3.8) is 0 Å². The zero-order valence-electron chi connectivity index (χ0n) is 15.2. The van der Waals surface area contributed by atoms with E-state index in [1.165, 1.54) is 69.8 Å². The van der Waals surface area contributed by atoms with Crippen LogP contribution in [0.2, 0.25) is 0 Å². The van der Waals surface area contributed by atoms with E-state index in [0.29, 0.717) is 12.7 Å². The molecule has 0 spiro atoms. The van der Waals surface area contributed by atoms with Gasteiger partial charge in [-0.2, -0.15) is 0 Å². The predicted octanol–water partition coefficient (Wildman–Crippen LogP) is 6.09. The summed E-state index contributed by atoms with van der Waals surface area (Å²) < 4.78 is 11.1. The van der Waals surface area contributed by atoms with E-state index in [0.717, 1.165) is 18.8 Å². The highest BCUT2D eigenvalue weighted by molar-refractivity contribution is 5.33. The number of benzene rings is 1. The number of rotatable bonds is 15. The quantitative estimate of drug-likeness (QED) is 0.220. The highest BCUT2D eigenvalue weighted by Crippen LogP contribution is 2.22. The molecule has 1 heterocycles. The van der Waals surface area contributed by atoms with Gasteiger partial charge in [0.2, 0.25) is 0 Å². The fraction of sp³-hybridized carbons (Fsp3) is 0.636. The van der Waals surface area contributed by atoms with Crippen LogP contribution in [0, 0.1) is 0 Å². The highest BCUT2D eigenvalue weighted by atomic mass is 16.6. The Labute approximate surface area is 148 Å². The average Bonchev–Trinajstić information content (AvgIpc) is 3.43. The molecule has 1 fully saturated rings. The second-order valence-electron chi connectivity index (χ2n) is 6.88. The third-order valence-corrected chi connectivity index (χ3v) is 4.65. The van der Waals surface area contributed by atoms with Gasteiger partial charge < -0.3 is 9.47 Å². The van der Waals surface area contributed by atoms with Gasteiger partial charge in [-0.15, -0.1) is 6.58 Å². The lowest BCUT2D eigenvalue weighted by Gasteiger charge is -2.10. The molecular formula is C22H34O2. The largest absolute Gasteiger partial charge is 0.491 e. The van der Waals surface area contributed by atoms with Crippen molar-refractivity contribution in [3.8, 4) is 5.75 Å². The Morgan fingerprint density at radius 1 is 0.958 bits per heavy atom. The van der Waals surface area contributed by atoms with Crippen LogP contribution in [0.3, 0.4) is 0 Å². The van der Waals surface area contributed by atoms with Crippen molar-refractivity contribution in [1.29, 1.82) is 0 Å². The van der Waals surface area contributed by atoms with E-state index in [4.69, 9.17) is 9.47 Å². The summed E-state index contributed by atoms with van der Waals surface area (Å²) in [6.45, 7) is 5.33. The standard InChI is InChI=1S/C22H34O2/c1-2-3-4-5-6-7-8-9-10-11-12-15-20-16-13-14-17-22(20)24-19-21-18-23-21/h2,13-14,16-17,21H,1,3-12,15,18-19H2. The van der Waals surface area contributed by atoms with Gasteiger partial charge in [0.1, 0.15) is 18.5 Å². The van der Waals surface area contributed by atoms with Gasteiger partial charge in [-0.3, -0.25) is 0 Å². The van der Waals surface area contributed by atoms with Gasteiger partial charge in [-0.25, -0.2) is 0 Å². The summed E-state index contributed by atoms with van der Waals surface area (Å²) in [7, 11) is 0. The van der Waals surface area contributed by atoms with Gasteiger partial charge in [0.15, 0.2) is 0 Å². The van der Waals surface area contributed by atoms with Crippen LogP contribution in [0.15, 0.2) is 36.9 Å². The molecule has 1 aliphatic rings. The summed E-state index contributed by atoms with van der Waals surface area (Å²) in [6, 6.07) is 8.46. The maximum absolute atomic E-state index is 5.88. The van der Waals surface area contributed by atoms with Gasteiger partial charge in [0, 0.05) is 0 Å². The van der Waals surface area contributed by atoms with Crippen LogP contribution >= 0.6 is 0 Å². The van der Waals surface area contributed by atoms with Crippen LogP contribution < -0.4 is 4.74 Å². The maximum atomic E-state index is 5.88. The minimum absolute atomic E-state index is 0.329. The SMILES string of the molecule is C=CCCCCCCCCCCCc1ccccc1OCC1CO1. The molecule has 2 rings (SSSR count). The van der Waals surface area contributed by atoms with E-state index < -0.39 is 0 Å². The molecule has 1 atom stereocenters. The van der Waals surface area contributed by atoms with Crippen molar-refractivity contribution in [3.05, 3.63) is 42.5 Å². The third-order valence-electron chi connectivity index (χ3n) is 4.65. The van der Waals surface area contributed by atoms with Crippen molar-refractivity contribution < 1.29 is 9.47 Å². The molecular weight excluding hydrogens is 296 g/mol. The van der Waals surface area contributed by atoms with Gasteiger partial charge >= 0.3 is 0 Å². The lowest BCUT2D eigenvalue weighted by molar-refractivity contribution is 0.261. The minimum Gasteiger partial charge on any atom is -0.491 e. The van der Waals surface area contributed by atoms with E-state index in [-0.39, 0.29) is 0 Å². The Hall–Kier alpha value is -1.28. The van der Waals surface area contributed by atoms with Crippen LogP contribution in [0.4, 0.5) is 0 Å². The fourth-order valence-electron chi connectivity index (χ4n) is 3.04. The summed E-state index contributed by atoms with van der Waals surface area (Å²) >= 11 is 0. The van der Waals surface area contributed by atoms with E-state index in [2.05, 4.69) is 30.8 Å². The average molecular weight is 331 g/mol. The molecule has 2 heteroatoms. The molecule has 0 amide bonds. The number of allylic oxidation sites excluding steroid dienone is 1. The summed E-state index contributed by atoms with van der Waals surface area (Å²) in [6.07, 6.45) is 16.9. The first-order valence-electron chi connectivity index (χ1n) is 9.83. The molecule has 24 heavy (non-hydrogen) atoms. The second kappa shape index (κ2) is 12.1. The fourth-order valence-corrected chi connectivity index (χ4v) is 3.04. The van der Waals surface area contributed by atoms with Gasteiger partial charge in [-0.1, -0.05) is 69.2 Å². The van der Waals surface area contributed by atoms with Crippen molar-refractivity contribution in [2.24, 2.45) is 0 Å². The molecule has 1 aromatic rings. The van der Waals surface area contributed by atoms with E-state index >= 15 is 0 Å². The Bertz CT molecular complexity index is 451. The first kappa shape index (κ1) is 19.1. The summed E-state index contributed by atoms with van der Waals surface area (Å²) in [4.78, 5) is 0. The van der Waals surface area contributed by atoms with E-state index in [9.17, 15) is 0 Å². The number of para-hydroxylation sites is 1. The molecule has 0 aromatic heterocycles. The highest BCUT2D eigenvalue weighted by Gasteiger charge is 2.23. The molecule has 0 aliphatic carbocycles. The van der Waals surface area contributed by atoms with Crippen LogP contribution in [0.5, 0.6) is 5.75 Å². The monoisotopic (exact) mass is 330 g/mol. The predicted molar refractivity (Wildman–Crippen MR) is 102 cm³/mol. The van der Waals surface area contributed by atoms with Crippen LogP contribution in [-0.4, -0.2) is 19.3 Å². The first-order valence-corrected chi connectivity index (χ1v) is 9.83. The number of unbranched alkanes of at least 4 members (excludes halogenated alkanes) is 9. The minimum atomic E-state index is 0.329. The van der Waals surface area contributed by atoms with Crippen LogP contribution in [0.25, 0.3) is 0 Å². The Morgan fingerprint density at radius 3 is 2.25 bits per heavy atom. The Balaban J connectivity index is 1.47. The molecule has 1 aromatic carbocycles. The number of aryl methyl sites for hydroxylation is 1. The van der Waals surface area contributed by atoms with Crippen LogP contribution in [-0.2, 0) is 11.2 Å². The molecule has 0 bridgehead atoms. The Kier molecular flexibility index (Phi) is 9.63. The van der Waals surface area contributed by atoms with E-state index in [1.807, 2.05) is 6.08 Å². The van der Waals surface area contributed by atoms with Gasteiger partial charge in [0.25, 0.3) is 0 Å². The Morgan fingerprint density at radius 2 is 1.58 bits per heavy atom.